The monoisotopic (exact) mass is 125 g/mol. The van der Waals surface area contributed by atoms with E-state index < -0.39 is 0 Å². The normalized spacial score (nSPS) is 24.0. The molecule has 3 heteroatoms. The molecule has 2 nitrogen and oxygen atoms in total. The third-order valence-electron chi connectivity index (χ3n) is 0.617. The van der Waals surface area contributed by atoms with Crippen LogP contribution in [0.1, 0.15) is 0 Å². The Bertz CT molecular complexity index is 121. The van der Waals surface area contributed by atoms with Crippen LogP contribution in [0.5, 0.6) is 0 Å². The van der Waals surface area contributed by atoms with Crippen LogP contribution >= 0.6 is 0 Å². The second-order valence-corrected chi connectivity index (χ2v) is 1.91. The van der Waals surface area contributed by atoms with E-state index in [9.17, 15) is 0 Å². The molecule has 0 saturated carbocycles. The van der Waals surface area contributed by atoms with Gasteiger partial charge in [0.25, 0.3) is 0 Å². The molecule has 1 rings (SSSR count). The summed E-state index contributed by atoms with van der Waals surface area (Å²) < 4.78 is 4.61. The minimum Gasteiger partial charge on any atom is -0.365 e. The van der Waals surface area contributed by atoms with Gasteiger partial charge in [0.1, 0.15) is 6.26 Å². The van der Waals surface area contributed by atoms with Crippen LogP contribution in [-0.2, 0) is 9.46 Å². The number of rotatable bonds is 0. The van der Waals surface area contributed by atoms with Crippen LogP contribution in [0.4, 0.5) is 0 Å². The molecule has 0 unspecified atom stereocenters. The lowest BCUT2D eigenvalue weighted by Gasteiger charge is -1.93. The van der Waals surface area contributed by atoms with Crippen LogP contribution in [0.15, 0.2) is 24.5 Å². The van der Waals surface area contributed by atoms with Crippen molar-refractivity contribution >= 4 is 15.0 Å². The largest absolute Gasteiger partial charge is 0.365 e. The second-order valence-electron chi connectivity index (χ2n) is 1.18. The van der Waals surface area contributed by atoms with E-state index in [1.54, 1.807) is 6.08 Å². The SMILES string of the molecule is C1=[Si]OO/C=C\C=C/1. The maximum atomic E-state index is 4.61. The fourth-order valence-corrected chi connectivity index (χ4v) is 0.676. The van der Waals surface area contributed by atoms with Crippen LogP contribution in [0.3, 0.4) is 0 Å². The highest BCUT2D eigenvalue weighted by Gasteiger charge is 1.76. The summed E-state index contributed by atoms with van der Waals surface area (Å²) in [6, 6.07) is 0. The lowest BCUT2D eigenvalue weighted by atomic mass is 10.5. The topological polar surface area (TPSA) is 18.5 Å². The Labute approximate surface area is 49.9 Å². The molecule has 0 amide bonds. The van der Waals surface area contributed by atoms with Crippen molar-refractivity contribution in [2.24, 2.45) is 0 Å². The van der Waals surface area contributed by atoms with Gasteiger partial charge in [-0.15, -0.1) is 0 Å². The summed E-state index contributed by atoms with van der Waals surface area (Å²) in [6.45, 7) is 0. The average Bonchev–Trinajstić information content (AvgIpc) is 1.62. The first-order valence-corrected chi connectivity index (χ1v) is 3.21. The Morgan fingerprint density at radius 2 is 2.12 bits per heavy atom. The van der Waals surface area contributed by atoms with Gasteiger partial charge in [0.15, 0.2) is 0 Å². The van der Waals surface area contributed by atoms with Crippen molar-refractivity contribution in [1.29, 1.82) is 0 Å². The Balaban J connectivity index is 2.51. The fraction of sp³-hybridized carbons (Fsp3) is 0. The van der Waals surface area contributed by atoms with E-state index in [2.05, 4.69) is 9.46 Å². The lowest BCUT2D eigenvalue weighted by molar-refractivity contribution is -0.145. The lowest BCUT2D eigenvalue weighted by Crippen LogP contribution is -1.90. The molecule has 0 spiro atoms. The summed E-state index contributed by atoms with van der Waals surface area (Å²) in [5.41, 5.74) is 1.89. The molecule has 41 valence electrons. The molecule has 0 atom stereocenters. The summed E-state index contributed by atoms with van der Waals surface area (Å²) in [7, 11) is 0.305. The van der Waals surface area contributed by atoms with E-state index in [4.69, 9.17) is 0 Å². The van der Waals surface area contributed by atoms with Crippen molar-refractivity contribution in [3.8, 4) is 0 Å². The molecule has 0 N–H and O–H groups in total. The summed E-state index contributed by atoms with van der Waals surface area (Å²) in [4.78, 5) is 4.52. The van der Waals surface area contributed by atoms with E-state index in [1.165, 1.54) is 6.26 Å². The minimum atomic E-state index is 0.305. The smallest absolute Gasteiger partial charge is 0.359 e. The molecule has 0 bridgehead atoms. The molecule has 8 heavy (non-hydrogen) atoms. The minimum absolute atomic E-state index is 0.305. The molecule has 1 aliphatic rings. The van der Waals surface area contributed by atoms with Crippen LogP contribution < -0.4 is 0 Å². The van der Waals surface area contributed by atoms with E-state index in [1.807, 2.05) is 17.8 Å². The fourth-order valence-electron chi connectivity index (χ4n) is 0.320. The van der Waals surface area contributed by atoms with E-state index in [0.29, 0.717) is 9.38 Å². The highest BCUT2D eigenvalue weighted by Crippen LogP contribution is 1.81. The molecule has 0 aliphatic carbocycles. The van der Waals surface area contributed by atoms with Gasteiger partial charge < -0.3 is 9.46 Å². The van der Waals surface area contributed by atoms with Gasteiger partial charge in [-0.05, 0) is 11.7 Å². The van der Waals surface area contributed by atoms with E-state index >= 15 is 0 Å². The molecular weight excluding hydrogens is 120 g/mol. The predicted octanol–water partition coefficient (Wildman–Crippen LogP) is 0.440. The van der Waals surface area contributed by atoms with Gasteiger partial charge in [0.05, 0.1) is 0 Å². The standard InChI is InChI=1S/C5H5O2Si/c1-2-4-6-7-8-5-3-1/h1-5H/b3-1-,4-2-,8-5?. The molecule has 1 heterocycles. The Hall–Kier alpha value is -0.833. The van der Waals surface area contributed by atoms with Gasteiger partial charge in [0, 0.05) is 0 Å². The van der Waals surface area contributed by atoms with Crippen molar-refractivity contribution < 1.29 is 9.46 Å². The number of allylic oxidation sites excluding steroid dienone is 3. The second kappa shape index (κ2) is 3.21. The quantitative estimate of drug-likeness (QED) is 0.345. The highest BCUT2D eigenvalue weighted by atomic mass is 28.2. The zero-order valence-electron chi connectivity index (χ0n) is 4.20. The number of hydrogen-bond donors (Lipinski definition) is 0. The molecule has 1 aliphatic heterocycles. The molecule has 0 fully saturated rings. The molecule has 0 aromatic rings. The maximum absolute atomic E-state index is 4.61. The molecule has 1 radical (unpaired) electrons. The average molecular weight is 125 g/mol. The van der Waals surface area contributed by atoms with Gasteiger partial charge >= 0.3 is 9.38 Å². The molecule has 0 saturated heterocycles. The Morgan fingerprint density at radius 1 is 1.12 bits per heavy atom. The molecule has 0 aromatic carbocycles. The highest BCUT2D eigenvalue weighted by molar-refractivity contribution is 6.43. The zero-order chi connectivity index (χ0) is 5.66. The Kier molecular flexibility index (Phi) is 2.13. The van der Waals surface area contributed by atoms with E-state index in [0.717, 1.165) is 0 Å². The third-order valence-corrected chi connectivity index (χ3v) is 1.14. The van der Waals surface area contributed by atoms with Crippen molar-refractivity contribution in [2.45, 2.75) is 0 Å². The molecular formula is C5H5O2Si. The van der Waals surface area contributed by atoms with Crippen molar-refractivity contribution in [3.63, 3.8) is 0 Å². The van der Waals surface area contributed by atoms with E-state index in [-0.39, 0.29) is 0 Å². The van der Waals surface area contributed by atoms with Crippen molar-refractivity contribution in [1.82, 2.24) is 0 Å². The maximum Gasteiger partial charge on any atom is 0.359 e. The third kappa shape index (κ3) is 1.75. The first-order valence-electron chi connectivity index (χ1n) is 2.23. The summed E-state index contributed by atoms with van der Waals surface area (Å²) in [5.74, 6) is 0. The van der Waals surface area contributed by atoms with Crippen molar-refractivity contribution in [3.05, 3.63) is 24.5 Å². The van der Waals surface area contributed by atoms with Gasteiger partial charge in [-0.1, -0.05) is 12.2 Å². The van der Waals surface area contributed by atoms with Gasteiger partial charge in [-0.25, -0.2) is 0 Å². The first kappa shape index (κ1) is 5.31. The van der Waals surface area contributed by atoms with Gasteiger partial charge in [-0.3, -0.25) is 0 Å². The first-order chi connectivity index (χ1) is 4.00. The molecule has 0 aromatic heterocycles. The van der Waals surface area contributed by atoms with Crippen LogP contribution in [-0.4, -0.2) is 15.0 Å². The number of hydrogen-bond acceptors (Lipinski definition) is 2. The zero-order valence-corrected chi connectivity index (χ0v) is 5.20. The van der Waals surface area contributed by atoms with Gasteiger partial charge in [-0.2, -0.15) is 0 Å². The Morgan fingerprint density at radius 3 is 3.12 bits per heavy atom. The van der Waals surface area contributed by atoms with Crippen LogP contribution in [0.25, 0.3) is 0 Å². The summed E-state index contributed by atoms with van der Waals surface area (Å²) >= 11 is 0. The van der Waals surface area contributed by atoms with Crippen molar-refractivity contribution in [2.75, 3.05) is 0 Å². The summed E-state index contributed by atoms with van der Waals surface area (Å²) in [6.07, 6.45) is 7.06. The van der Waals surface area contributed by atoms with Crippen LogP contribution in [0, 0.1) is 0 Å². The predicted molar refractivity (Wildman–Crippen MR) is 32.3 cm³/mol. The summed E-state index contributed by atoms with van der Waals surface area (Å²) in [5, 5.41) is 0. The van der Waals surface area contributed by atoms with Gasteiger partial charge in [0.2, 0.25) is 0 Å². The van der Waals surface area contributed by atoms with Crippen LogP contribution in [0.2, 0.25) is 0 Å².